The highest BCUT2D eigenvalue weighted by molar-refractivity contribution is 6.35. The van der Waals surface area contributed by atoms with Crippen LogP contribution in [-0.2, 0) is 6.18 Å². The van der Waals surface area contributed by atoms with E-state index in [4.69, 9.17) is 11.6 Å². The third-order valence-electron chi connectivity index (χ3n) is 2.66. The van der Waals surface area contributed by atoms with Crippen LogP contribution < -0.4 is 0 Å². The molecule has 0 bridgehead atoms. The van der Waals surface area contributed by atoms with Crippen LogP contribution in [-0.4, -0.2) is 19.7 Å². The molecule has 1 N–H and O–H groups in total. The van der Waals surface area contributed by atoms with Crippen LogP contribution in [0.15, 0.2) is 30.7 Å². The summed E-state index contributed by atoms with van der Waals surface area (Å²) in [5, 5.41) is 7.40. The van der Waals surface area contributed by atoms with E-state index in [1.54, 1.807) is 6.07 Å². The van der Waals surface area contributed by atoms with Gasteiger partial charge in [0.05, 0.1) is 16.7 Å². The smallest absolute Gasteiger partial charge is 0.296 e. The molecule has 0 radical (unpaired) electrons. The predicted molar refractivity (Wildman–Crippen MR) is 63.2 cm³/mol. The number of rotatable bonds is 1. The number of fused-ring (bicyclic) bond motifs is 1. The summed E-state index contributed by atoms with van der Waals surface area (Å²) in [4.78, 5) is 3.33. The van der Waals surface area contributed by atoms with Gasteiger partial charge in [0.15, 0.2) is 0 Å². The largest absolute Gasteiger partial charge is 0.450 e. The van der Waals surface area contributed by atoms with Crippen LogP contribution >= 0.6 is 11.6 Å². The number of hydrogen-bond donors (Lipinski definition) is 1. The Hall–Kier alpha value is -2.02. The molecule has 19 heavy (non-hydrogen) atoms. The van der Waals surface area contributed by atoms with Crippen LogP contribution in [0.4, 0.5) is 13.2 Å². The van der Waals surface area contributed by atoms with Crippen molar-refractivity contribution < 1.29 is 13.2 Å². The lowest BCUT2D eigenvalue weighted by atomic mass is 10.2. The number of imidazole rings is 1. The van der Waals surface area contributed by atoms with E-state index in [0.717, 1.165) is 10.8 Å². The molecule has 0 atom stereocenters. The van der Waals surface area contributed by atoms with Crippen molar-refractivity contribution in [3.05, 3.63) is 41.6 Å². The molecule has 0 spiro atoms. The van der Waals surface area contributed by atoms with E-state index in [-0.39, 0.29) is 5.69 Å². The Morgan fingerprint density at radius 2 is 2.05 bits per heavy atom. The van der Waals surface area contributed by atoms with E-state index in [1.165, 1.54) is 18.5 Å². The molecule has 0 fully saturated rings. The summed E-state index contributed by atoms with van der Waals surface area (Å²) in [6.45, 7) is 0. The van der Waals surface area contributed by atoms with Gasteiger partial charge in [-0.1, -0.05) is 11.6 Å². The number of halogens is 4. The molecule has 8 heteroatoms. The van der Waals surface area contributed by atoms with Gasteiger partial charge < -0.3 is 0 Å². The van der Waals surface area contributed by atoms with Crippen molar-refractivity contribution in [2.24, 2.45) is 0 Å². The molecule has 2 heterocycles. The van der Waals surface area contributed by atoms with Crippen molar-refractivity contribution in [3.8, 4) is 5.69 Å². The lowest BCUT2D eigenvalue weighted by molar-refractivity contribution is -0.145. The van der Waals surface area contributed by atoms with Gasteiger partial charge >= 0.3 is 6.18 Å². The summed E-state index contributed by atoms with van der Waals surface area (Å²) in [5.74, 6) is -0.994. The molecule has 98 valence electrons. The summed E-state index contributed by atoms with van der Waals surface area (Å²) in [6, 6.07) is 2.99. The number of nitrogens with one attached hydrogen (secondary N) is 1. The van der Waals surface area contributed by atoms with Crippen LogP contribution in [0.1, 0.15) is 5.82 Å². The second kappa shape index (κ2) is 3.99. The summed E-state index contributed by atoms with van der Waals surface area (Å²) in [7, 11) is 0. The van der Waals surface area contributed by atoms with Gasteiger partial charge in [0.25, 0.3) is 0 Å². The van der Waals surface area contributed by atoms with E-state index >= 15 is 0 Å². The number of aromatic nitrogens is 4. The Morgan fingerprint density at radius 3 is 2.79 bits per heavy atom. The third kappa shape index (κ3) is 1.95. The van der Waals surface area contributed by atoms with Gasteiger partial charge in [-0.3, -0.25) is 9.67 Å². The van der Waals surface area contributed by atoms with Crippen molar-refractivity contribution in [1.82, 2.24) is 19.7 Å². The molecule has 0 unspecified atom stereocenters. The van der Waals surface area contributed by atoms with Gasteiger partial charge in [0.1, 0.15) is 0 Å². The van der Waals surface area contributed by atoms with Gasteiger partial charge in [0.2, 0.25) is 5.82 Å². The molecule has 2 aromatic heterocycles. The molecule has 0 aliphatic carbocycles. The summed E-state index contributed by atoms with van der Waals surface area (Å²) < 4.78 is 39.3. The van der Waals surface area contributed by atoms with Crippen molar-refractivity contribution in [2.45, 2.75) is 6.18 Å². The molecule has 0 saturated carbocycles. The number of nitrogens with zero attached hydrogens (tertiary/aromatic N) is 3. The second-order valence-electron chi connectivity index (χ2n) is 3.88. The first-order valence-corrected chi connectivity index (χ1v) is 5.58. The van der Waals surface area contributed by atoms with Gasteiger partial charge in [-0.25, -0.2) is 4.98 Å². The highest BCUT2D eigenvalue weighted by atomic mass is 35.5. The highest BCUT2D eigenvalue weighted by Crippen LogP contribution is 2.31. The fourth-order valence-electron chi connectivity index (χ4n) is 1.86. The number of hydrogen-bond acceptors (Lipinski definition) is 2. The van der Waals surface area contributed by atoms with Crippen LogP contribution in [0.3, 0.4) is 0 Å². The van der Waals surface area contributed by atoms with Gasteiger partial charge in [0, 0.05) is 23.5 Å². The summed E-state index contributed by atoms with van der Waals surface area (Å²) in [5.41, 5.74) is 0.864. The third-order valence-corrected chi connectivity index (χ3v) is 2.96. The van der Waals surface area contributed by atoms with Crippen LogP contribution in [0.25, 0.3) is 16.6 Å². The summed E-state index contributed by atoms with van der Waals surface area (Å²) >= 11 is 6.00. The van der Waals surface area contributed by atoms with Crippen molar-refractivity contribution in [2.75, 3.05) is 0 Å². The first-order chi connectivity index (χ1) is 8.97. The highest BCUT2D eigenvalue weighted by Gasteiger charge is 2.36. The van der Waals surface area contributed by atoms with Gasteiger partial charge in [-0.2, -0.15) is 18.3 Å². The topological polar surface area (TPSA) is 46.5 Å². The van der Waals surface area contributed by atoms with E-state index in [1.807, 2.05) is 0 Å². The van der Waals surface area contributed by atoms with E-state index in [2.05, 4.69) is 15.2 Å². The molecular formula is C11H6ClF3N4. The van der Waals surface area contributed by atoms with E-state index in [9.17, 15) is 13.2 Å². The monoisotopic (exact) mass is 286 g/mol. The minimum absolute atomic E-state index is 0.281. The zero-order valence-electron chi connectivity index (χ0n) is 9.24. The molecule has 0 aliphatic heterocycles. The first-order valence-electron chi connectivity index (χ1n) is 5.20. The number of aromatic amines is 1. The van der Waals surface area contributed by atoms with Gasteiger partial charge in [-0.15, -0.1) is 0 Å². The minimum Gasteiger partial charge on any atom is -0.296 e. The lowest BCUT2D eigenvalue weighted by Gasteiger charge is -2.10. The average molecular weight is 287 g/mol. The molecule has 3 aromatic rings. The Bertz CT molecular complexity index is 744. The van der Waals surface area contributed by atoms with Crippen molar-refractivity contribution >= 4 is 22.5 Å². The van der Waals surface area contributed by atoms with Gasteiger partial charge in [-0.05, 0) is 12.1 Å². The molecule has 3 rings (SSSR count). The zero-order valence-corrected chi connectivity index (χ0v) is 10.00. The lowest BCUT2D eigenvalue weighted by Crippen LogP contribution is -2.13. The quantitative estimate of drug-likeness (QED) is 0.745. The van der Waals surface area contributed by atoms with Crippen molar-refractivity contribution in [3.63, 3.8) is 0 Å². The normalized spacial score (nSPS) is 12.2. The molecule has 4 nitrogen and oxygen atoms in total. The molecule has 0 amide bonds. The molecule has 0 aliphatic rings. The first kappa shape index (κ1) is 12.0. The number of H-pyrrole nitrogens is 1. The molecule has 1 aromatic carbocycles. The zero-order chi connectivity index (χ0) is 13.6. The fourth-order valence-corrected chi connectivity index (χ4v) is 2.12. The molecular weight excluding hydrogens is 281 g/mol. The Morgan fingerprint density at radius 1 is 1.26 bits per heavy atom. The average Bonchev–Trinajstić information content (AvgIpc) is 2.96. The Labute approximate surface area is 109 Å². The van der Waals surface area contributed by atoms with Crippen LogP contribution in [0, 0.1) is 0 Å². The maximum atomic E-state index is 12.8. The predicted octanol–water partition coefficient (Wildman–Crippen LogP) is 3.42. The maximum absolute atomic E-state index is 12.8. The van der Waals surface area contributed by atoms with Crippen molar-refractivity contribution in [1.29, 1.82) is 0 Å². The molecule has 0 saturated heterocycles. The summed E-state index contributed by atoms with van der Waals surface area (Å²) in [6.07, 6.45) is -0.701. The van der Waals surface area contributed by atoms with Crippen LogP contribution in [0.2, 0.25) is 5.02 Å². The maximum Gasteiger partial charge on any atom is 0.450 e. The SMILES string of the molecule is FC(F)(F)c1nccn1-c1cc(Cl)c2[nH]ncc2c1. The second-order valence-corrected chi connectivity index (χ2v) is 4.29. The fraction of sp³-hybridized carbons (Fsp3) is 0.0909. The number of benzene rings is 1. The minimum atomic E-state index is -4.53. The standard InChI is InChI=1S/C11H6ClF3N4/c12-8-4-7(3-6-5-17-18-9(6)8)19-2-1-16-10(19)11(13,14)15/h1-5H,(H,17,18). The Balaban J connectivity index is 2.22. The number of alkyl halides is 3. The van der Waals surface area contributed by atoms with E-state index < -0.39 is 12.0 Å². The van der Waals surface area contributed by atoms with E-state index in [0.29, 0.717) is 15.9 Å². The van der Waals surface area contributed by atoms with Crippen LogP contribution in [0.5, 0.6) is 0 Å². The Kier molecular flexibility index (Phi) is 2.53.